The van der Waals surface area contributed by atoms with Crippen LogP contribution in [0.5, 0.6) is 5.75 Å². The highest BCUT2D eigenvalue weighted by Gasteiger charge is 2.14. The Balaban J connectivity index is 2.29. The normalized spacial score (nSPS) is 9.81. The molecule has 2 aromatic rings. The molecule has 0 aliphatic heterocycles. The molecule has 2 rings (SSSR count). The van der Waals surface area contributed by atoms with Gasteiger partial charge in [-0.15, -0.1) is 0 Å². The van der Waals surface area contributed by atoms with E-state index in [0.717, 1.165) is 0 Å². The van der Waals surface area contributed by atoms with Crippen LogP contribution in [0.25, 0.3) is 0 Å². The van der Waals surface area contributed by atoms with Gasteiger partial charge in [-0.05, 0) is 30.3 Å². The Morgan fingerprint density at radius 2 is 2.10 bits per heavy atom. The van der Waals surface area contributed by atoms with E-state index in [-0.39, 0.29) is 5.56 Å². The van der Waals surface area contributed by atoms with Crippen molar-refractivity contribution in [1.29, 1.82) is 5.26 Å². The smallest absolute Gasteiger partial charge is 0.258 e. The molecule has 21 heavy (non-hydrogen) atoms. The predicted octanol–water partition coefficient (Wildman–Crippen LogP) is 3.72. The van der Waals surface area contributed by atoms with Crippen LogP contribution in [0.3, 0.4) is 0 Å². The summed E-state index contributed by atoms with van der Waals surface area (Å²) in [6, 6.07) is 10.7. The van der Waals surface area contributed by atoms with Gasteiger partial charge in [-0.1, -0.05) is 15.9 Å². The molecule has 0 atom stereocenters. The van der Waals surface area contributed by atoms with Gasteiger partial charge in [0.25, 0.3) is 5.91 Å². The summed E-state index contributed by atoms with van der Waals surface area (Å²) in [5, 5.41) is 11.4. The summed E-state index contributed by atoms with van der Waals surface area (Å²) in [6.45, 7) is 0. The first kappa shape index (κ1) is 15.0. The van der Waals surface area contributed by atoms with Crippen LogP contribution >= 0.6 is 15.9 Å². The molecule has 0 saturated heterocycles. The molecule has 1 N–H and O–H groups in total. The van der Waals surface area contributed by atoms with Crippen molar-refractivity contribution in [3.8, 4) is 11.8 Å². The summed E-state index contributed by atoms with van der Waals surface area (Å²) < 4.78 is 19.4. The fourth-order valence-electron chi connectivity index (χ4n) is 1.73. The first-order valence-electron chi connectivity index (χ1n) is 5.89. The second kappa shape index (κ2) is 6.37. The summed E-state index contributed by atoms with van der Waals surface area (Å²) in [5.41, 5.74) is 0.688. The maximum atomic E-state index is 13.7. The Morgan fingerprint density at radius 3 is 2.71 bits per heavy atom. The van der Waals surface area contributed by atoms with E-state index in [1.807, 2.05) is 6.07 Å². The van der Waals surface area contributed by atoms with Gasteiger partial charge in [0.1, 0.15) is 11.6 Å². The molecule has 0 aliphatic carbocycles. The number of hydrogen-bond donors (Lipinski definition) is 1. The van der Waals surface area contributed by atoms with Crippen molar-refractivity contribution in [1.82, 2.24) is 0 Å². The van der Waals surface area contributed by atoms with Crippen molar-refractivity contribution in [2.45, 2.75) is 0 Å². The topological polar surface area (TPSA) is 62.1 Å². The largest absolute Gasteiger partial charge is 0.495 e. The zero-order chi connectivity index (χ0) is 15.4. The monoisotopic (exact) mass is 348 g/mol. The van der Waals surface area contributed by atoms with Gasteiger partial charge in [0, 0.05) is 10.5 Å². The quantitative estimate of drug-likeness (QED) is 0.919. The average molecular weight is 349 g/mol. The molecule has 0 radical (unpaired) electrons. The number of benzene rings is 2. The maximum Gasteiger partial charge on any atom is 0.258 e. The molecular weight excluding hydrogens is 339 g/mol. The lowest BCUT2D eigenvalue weighted by Crippen LogP contribution is -2.14. The number of halogens is 2. The van der Waals surface area contributed by atoms with E-state index in [9.17, 15) is 9.18 Å². The van der Waals surface area contributed by atoms with Gasteiger partial charge in [-0.25, -0.2) is 4.39 Å². The number of nitrogens with zero attached hydrogens (tertiary/aromatic N) is 1. The fraction of sp³-hybridized carbons (Fsp3) is 0.0667. The van der Waals surface area contributed by atoms with Crippen molar-refractivity contribution in [2.24, 2.45) is 0 Å². The van der Waals surface area contributed by atoms with Crippen molar-refractivity contribution >= 4 is 27.5 Å². The lowest BCUT2D eigenvalue weighted by molar-refractivity contribution is 0.102. The van der Waals surface area contributed by atoms with E-state index in [1.165, 1.54) is 37.4 Å². The van der Waals surface area contributed by atoms with Crippen LogP contribution in [0.2, 0.25) is 0 Å². The van der Waals surface area contributed by atoms with Crippen LogP contribution in [0.4, 0.5) is 10.1 Å². The van der Waals surface area contributed by atoms with E-state index >= 15 is 0 Å². The van der Waals surface area contributed by atoms with Crippen molar-refractivity contribution in [2.75, 3.05) is 12.4 Å². The van der Waals surface area contributed by atoms with Crippen LogP contribution < -0.4 is 10.1 Å². The molecule has 106 valence electrons. The maximum absolute atomic E-state index is 13.7. The van der Waals surface area contributed by atoms with E-state index in [0.29, 0.717) is 21.5 Å². The molecular formula is C15H10BrFN2O2. The summed E-state index contributed by atoms with van der Waals surface area (Å²) in [6.07, 6.45) is 0. The zero-order valence-electron chi connectivity index (χ0n) is 11.0. The number of rotatable bonds is 3. The van der Waals surface area contributed by atoms with E-state index < -0.39 is 11.7 Å². The Morgan fingerprint density at radius 1 is 1.33 bits per heavy atom. The third kappa shape index (κ3) is 3.38. The minimum Gasteiger partial charge on any atom is -0.495 e. The number of amides is 1. The van der Waals surface area contributed by atoms with Crippen LogP contribution in [0.1, 0.15) is 15.9 Å². The van der Waals surface area contributed by atoms with Gasteiger partial charge in [0.2, 0.25) is 0 Å². The second-order valence-corrected chi connectivity index (χ2v) is 5.02. The standard InChI is InChI=1S/C15H10BrFN2O2/c1-21-14-6-9(8-18)2-5-13(14)19-15(20)11-4-3-10(16)7-12(11)17/h2-7H,1H3,(H,19,20). The first-order chi connectivity index (χ1) is 10.0. The molecule has 0 spiro atoms. The number of anilines is 1. The molecule has 0 aliphatic rings. The number of nitrogens with one attached hydrogen (secondary N) is 1. The van der Waals surface area contributed by atoms with Gasteiger partial charge in [-0.3, -0.25) is 4.79 Å². The summed E-state index contributed by atoms with van der Waals surface area (Å²) in [4.78, 5) is 12.1. The lowest BCUT2D eigenvalue weighted by atomic mass is 10.1. The SMILES string of the molecule is COc1cc(C#N)ccc1NC(=O)c1ccc(Br)cc1F. The number of carbonyl (C=O) groups is 1. The molecule has 4 nitrogen and oxygen atoms in total. The third-order valence-electron chi connectivity index (χ3n) is 2.75. The van der Waals surface area contributed by atoms with Crippen LogP contribution in [-0.2, 0) is 0 Å². The van der Waals surface area contributed by atoms with Crippen LogP contribution in [-0.4, -0.2) is 13.0 Å². The van der Waals surface area contributed by atoms with Gasteiger partial charge in [-0.2, -0.15) is 5.26 Å². The predicted molar refractivity (Wildman–Crippen MR) is 79.8 cm³/mol. The molecule has 2 aromatic carbocycles. The minimum absolute atomic E-state index is 0.0791. The van der Waals surface area contributed by atoms with E-state index in [2.05, 4.69) is 21.2 Å². The van der Waals surface area contributed by atoms with Crippen LogP contribution in [0.15, 0.2) is 40.9 Å². The van der Waals surface area contributed by atoms with Crippen LogP contribution in [0, 0.1) is 17.1 Å². The number of nitriles is 1. The molecule has 0 bridgehead atoms. The number of methoxy groups -OCH3 is 1. The van der Waals surface area contributed by atoms with E-state index in [1.54, 1.807) is 6.07 Å². The fourth-order valence-corrected chi connectivity index (χ4v) is 2.06. The third-order valence-corrected chi connectivity index (χ3v) is 3.25. The average Bonchev–Trinajstić information content (AvgIpc) is 2.47. The zero-order valence-corrected chi connectivity index (χ0v) is 12.6. The van der Waals surface area contributed by atoms with Crippen molar-refractivity contribution in [3.05, 3.63) is 57.8 Å². The van der Waals surface area contributed by atoms with Crippen molar-refractivity contribution in [3.63, 3.8) is 0 Å². The van der Waals surface area contributed by atoms with E-state index in [4.69, 9.17) is 10.00 Å². The lowest BCUT2D eigenvalue weighted by Gasteiger charge is -2.11. The van der Waals surface area contributed by atoms with Gasteiger partial charge in [0.05, 0.1) is 30.0 Å². The minimum atomic E-state index is -0.630. The van der Waals surface area contributed by atoms with Gasteiger partial charge < -0.3 is 10.1 Å². The summed E-state index contributed by atoms with van der Waals surface area (Å²) in [5.74, 6) is -0.891. The second-order valence-electron chi connectivity index (χ2n) is 4.11. The molecule has 0 unspecified atom stereocenters. The highest BCUT2D eigenvalue weighted by molar-refractivity contribution is 9.10. The van der Waals surface area contributed by atoms with Crippen molar-refractivity contribution < 1.29 is 13.9 Å². The molecule has 6 heteroatoms. The first-order valence-corrected chi connectivity index (χ1v) is 6.69. The molecule has 0 fully saturated rings. The summed E-state index contributed by atoms with van der Waals surface area (Å²) in [7, 11) is 1.42. The highest BCUT2D eigenvalue weighted by atomic mass is 79.9. The van der Waals surface area contributed by atoms with Gasteiger partial charge >= 0.3 is 0 Å². The van der Waals surface area contributed by atoms with Gasteiger partial charge in [0.15, 0.2) is 0 Å². The molecule has 0 heterocycles. The summed E-state index contributed by atoms with van der Waals surface area (Å²) >= 11 is 3.13. The number of carbonyl (C=O) groups excluding carboxylic acids is 1. The Bertz CT molecular complexity index is 741. The Labute approximate surface area is 129 Å². The highest BCUT2D eigenvalue weighted by Crippen LogP contribution is 2.26. The molecule has 0 saturated carbocycles. The number of hydrogen-bond acceptors (Lipinski definition) is 3. The Hall–Kier alpha value is -2.39. The molecule has 0 aromatic heterocycles. The number of ether oxygens (including phenoxy) is 1. The molecule has 1 amide bonds. The Kier molecular flexibility index (Phi) is 4.55.